The summed E-state index contributed by atoms with van der Waals surface area (Å²) in [5.41, 5.74) is 7.16. The Morgan fingerprint density at radius 1 is 0.558 bits per heavy atom. The Kier molecular flexibility index (Phi) is 15.9. The second kappa shape index (κ2) is 20.7. The van der Waals surface area contributed by atoms with Crippen LogP contribution < -0.4 is 0 Å². The van der Waals surface area contributed by atoms with Gasteiger partial charge in [-0.1, -0.05) is 147 Å². The molecule has 3 aromatic carbocycles. The fourth-order valence-electron chi connectivity index (χ4n) is 9.18. The number of ether oxygens (including phenoxy) is 2. The molecule has 0 aromatic heterocycles. The highest BCUT2D eigenvalue weighted by Gasteiger charge is 2.29. The molecule has 2 saturated carbocycles. The molecule has 0 aliphatic heterocycles. The van der Waals surface area contributed by atoms with Gasteiger partial charge in [-0.05, 0) is 115 Å². The second-order valence-corrected chi connectivity index (χ2v) is 15.8. The van der Waals surface area contributed by atoms with Gasteiger partial charge in [-0.2, -0.15) is 0 Å². The Hall–Kier alpha value is -3.40. The van der Waals surface area contributed by atoms with E-state index in [9.17, 15) is 9.59 Å². The van der Waals surface area contributed by atoms with Crippen LogP contribution in [0, 0.1) is 0 Å². The highest BCUT2D eigenvalue weighted by molar-refractivity contribution is 5.92. The number of hydrogen-bond donors (Lipinski definition) is 0. The van der Waals surface area contributed by atoms with Crippen LogP contribution in [-0.2, 0) is 9.47 Å². The van der Waals surface area contributed by atoms with Gasteiger partial charge in [-0.15, -0.1) is 0 Å². The van der Waals surface area contributed by atoms with E-state index in [-0.39, 0.29) is 18.5 Å². The first kappa shape index (κ1) is 39.8. The van der Waals surface area contributed by atoms with Gasteiger partial charge in [0.25, 0.3) is 0 Å². The van der Waals surface area contributed by atoms with E-state index in [1.165, 1.54) is 49.7 Å². The summed E-state index contributed by atoms with van der Waals surface area (Å²) in [5, 5.41) is 0. The Morgan fingerprint density at radius 2 is 1.00 bits per heavy atom. The molecular weight excluding hydrogens is 641 g/mol. The second-order valence-electron chi connectivity index (χ2n) is 15.8. The Bertz CT molecular complexity index is 1520. The average Bonchev–Trinajstić information content (AvgIpc) is 3.19. The van der Waals surface area contributed by atoms with Gasteiger partial charge in [-0.3, -0.25) is 0 Å². The van der Waals surface area contributed by atoms with Crippen molar-refractivity contribution in [2.45, 2.75) is 173 Å². The van der Waals surface area contributed by atoms with Gasteiger partial charge in [0.05, 0.1) is 11.1 Å². The summed E-state index contributed by atoms with van der Waals surface area (Å²) in [6.07, 6.45) is 20.3. The molecule has 0 bridgehead atoms. The number of carbonyl (C=O) groups is 2. The topological polar surface area (TPSA) is 52.6 Å². The predicted molar refractivity (Wildman–Crippen MR) is 215 cm³/mol. The van der Waals surface area contributed by atoms with E-state index in [1.54, 1.807) is 0 Å². The lowest BCUT2D eigenvalue weighted by Gasteiger charge is -2.27. The molecule has 3 aromatic rings. The van der Waals surface area contributed by atoms with Crippen LogP contribution in [0.3, 0.4) is 0 Å². The Morgan fingerprint density at radius 3 is 1.44 bits per heavy atom. The molecule has 1 atom stereocenters. The van der Waals surface area contributed by atoms with E-state index in [1.807, 2.05) is 42.5 Å². The quantitative estimate of drug-likeness (QED) is 0.124. The van der Waals surface area contributed by atoms with E-state index in [2.05, 4.69) is 52.0 Å². The van der Waals surface area contributed by atoms with Crippen molar-refractivity contribution < 1.29 is 19.1 Å². The van der Waals surface area contributed by atoms with Crippen molar-refractivity contribution in [3.05, 3.63) is 106 Å². The Balaban J connectivity index is 1.40. The largest absolute Gasteiger partial charge is 0.458 e. The van der Waals surface area contributed by atoms with Crippen LogP contribution in [0.4, 0.5) is 0 Å². The molecule has 282 valence electrons. The standard InChI is InChI=1S/C48H66O4/c1-5-18-35(19-6-2)40-28-30-42(44(32-40)37-22-12-9-13-23-37)47(49)51-34-46(39-26-16-11-17-27-39)52-48(50)43-31-29-41(36(20-7-3)21-8-4)33-45(43)38-24-14-10-15-25-38/h11,16-17,26-33,35-38,46H,5-10,12-15,18-25,34H2,1-4H3. The SMILES string of the molecule is CCCC(CCC)c1ccc(C(=O)OCC(OC(=O)c2ccc(C(CCC)CCC)cc2C2CCCCC2)c2ccccc2)c(C2CCCCC2)c1. The van der Waals surface area contributed by atoms with E-state index in [0.29, 0.717) is 34.8 Å². The molecule has 4 heteroatoms. The number of carbonyl (C=O) groups excluding carboxylic acids is 2. The third-order valence-electron chi connectivity index (χ3n) is 12.0. The van der Waals surface area contributed by atoms with Gasteiger partial charge >= 0.3 is 11.9 Å². The van der Waals surface area contributed by atoms with Crippen LogP contribution in [0.5, 0.6) is 0 Å². The minimum atomic E-state index is -0.708. The summed E-state index contributed by atoms with van der Waals surface area (Å²) in [6, 6.07) is 22.8. The molecule has 2 aliphatic rings. The van der Waals surface area contributed by atoms with E-state index >= 15 is 0 Å². The summed E-state index contributed by atoms with van der Waals surface area (Å²) < 4.78 is 12.5. The molecule has 0 amide bonds. The molecule has 0 radical (unpaired) electrons. The van der Waals surface area contributed by atoms with E-state index in [4.69, 9.17) is 9.47 Å². The molecule has 4 nitrogen and oxygen atoms in total. The van der Waals surface area contributed by atoms with E-state index in [0.717, 1.165) is 93.7 Å². The first-order valence-electron chi connectivity index (χ1n) is 21.2. The smallest absolute Gasteiger partial charge is 0.339 e. The summed E-state index contributed by atoms with van der Waals surface area (Å²) in [4.78, 5) is 28.3. The molecule has 52 heavy (non-hydrogen) atoms. The maximum Gasteiger partial charge on any atom is 0.339 e. The third kappa shape index (κ3) is 10.6. The van der Waals surface area contributed by atoms with Gasteiger partial charge < -0.3 is 9.47 Å². The van der Waals surface area contributed by atoms with Crippen LogP contribution in [0.15, 0.2) is 66.7 Å². The highest BCUT2D eigenvalue weighted by atomic mass is 16.6. The number of esters is 2. The third-order valence-corrected chi connectivity index (χ3v) is 12.0. The lowest BCUT2D eigenvalue weighted by atomic mass is 9.79. The fraction of sp³-hybridized carbons (Fsp3) is 0.583. The molecule has 0 heterocycles. The Labute approximate surface area is 315 Å². The van der Waals surface area contributed by atoms with Crippen molar-refractivity contribution in [1.29, 1.82) is 0 Å². The lowest BCUT2D eigenvalue weighted by Crippen LogP contribution is -2.22. The molecule has 0 N–H and O–H groups in total. The monoisotopic (exact) mass is 706 g/mol. The minimum absolute atomic E-state index is 0.0271. The number of rotatable bonds is 18. The van der Waals surface area contributed by atoms with Crippen LogP contribution in [0.1, 0.15) is 222 Å². The van der Waals surface area contributed by atoms with Crippen molar-refractivity contribution >= 4 is 11.9 Å². The molecule has 0 spiro atoms. The van der Waals surface area contributed by atoms with E-state index < -0.39 is 6.10 Å². The number of benzene rings is 3. The molecular formula is C48H66O4. The molecule has 2 aliphatic carbocycles. The predicted octanol–water partition coefficient (Wildman–Crippen LogP) is 13.9. The minimum Gasteiger partial charge on any atom is -0.458 e. The van der Waals surface area contributed by atoms with Gasteiger partial charge in [0.15, 0.2) is 6.10 Å². The highest BCUT2D eigenvalue weighted by Crippen LogP contribution is 2.40. The zero-order chi connectivity index (χ0) is 36.7. The summed E-state index contributed by atoms with van der Waals surface area (Å²) in [6.45, 7) is 9.01. The van der Waals surface area contributed by atoms with Crippen LogP contribution >= 0.6 is 0 Å². The van der Waals surface area contributed by atoms with Crippen molar-refractivity contribution in [2.75, 3.05) is 6.61 Å². The van der Waals surface area contributed by atoms with Crippen molar-refractivity contribution in [2.24, 2.45) is 0 Å². The normalized spacial score (nSPS) is 16.3. The maximum absolute atomic E-state index is 14.2. The maximum atomic E-state index is 14.2. The van der Waals surface area contributed by atoms with Crippen molar-refractivity contribution in [3.8, 4) is 0 Å². The summed E-state index contributed by atoms with van der Waals surface area (Å²) in [7, 11) is 0. The van der Waals surface area contributed by atoms with Crippen LogP contribution in [0.2, 0.25) is 0 Å². The zero-order valence-electron chi connectivity index (χ0n) is 32.8. The number of hydrogen-bond acceptors (Lipinski definition) is 4. The van der Waals surface area contributed by atoms with Gasteiger partial charge in [0, 0.05) is 0 Å². The molecule has 1 unspecified atom stereocenters. The molecule has 2 fully saturated rings. The van der Waals surface area contributed by atoms with Crippen molar-refractivity contribution in [3.63, 3.8) is 0 Å². The fourth-order valence-corrected chi connectivity index (χ4v) is 9.18. The van der Waals surface area contributed by atoms with Gasteiger partial charge in [0.1, 0.15) is 6.61 Å². The zero-order valence-corrected chi connectivity index (χ0v) is 32.8. The van der Waals surface area contributed by atoms with Crippen LogP contribution in [0.25, 0.3) is 0 Å². The van der Waals surface area contributed by atoms with Gasteiger partial charge in [-0.25, -0.2) is 9.59 Å². The van der Waals surface area contributed by atoms with Gasteiger partial charge in [0.2, 0.25) is 0 Å². The first-order chi connectivity index (χ1) is 25.5. The van der Waals surface area contributed by atoms with Crippen molar-refractivity contribution in [1.82, 2.24) is 0 Å². The average molecular weight is 707 g/mol. The molecule has 0 saturated heterocycles. The summed E-state index contributed by atoms with van der Waals surface area (Å²) in [5.74, 6) is 1.11. The van der Waals surface area contributed by atoms with Crippen LogP contribution in [-0.4, -0.2) is 18.5 Å². The molecule has 5 rings (SSSR count). The summed E-state index contributed by atoms with van der Waals surface area (Å²) >= 11 is 0. The first-order valence-corrected chi connectivity index (χ1v) is 21.2. The lowest BCUT2D eigenvalue weighted by molar-refractivity contribution is -0.00154.